The maximum atomic E-state index is 12.2. The zero-order valence-electron chi connectivity index (χ0n) is 14.8. The third kappa shape index (κ3) is 2.08. The van der Waals surface area contributed by atoms with Crippen molar-refractivity contribution in [3.8, 4) is 0 Å². The van der Waals surface area contributed by atoms with Crippen LogP contribution in [0.2, 0.25) is 0 Å². The van der Waals surface area contributed by atoms with Crippen molar-refractivity contribution in [1.82, 2.24) is 4.90 Å². The summed E-state index contributed by atoms with van der Waals surface area (Å²) in [6, 6.07) is 0. The number of hydrogen-bond acceptors (Lipinski definition) is 2. The first kappa shape index (κ1) is 15.7. The number of carbonyl (C=O) groups is 1. The van der Waals surface area contributed by atoms with Gasteiger partial charge < -0.3 is 10.0 Å². The Bertz CT molecular complexity index is 556. The van der Waals surface area contributed by atoms with Crippen molar-refractivity contribution in [2.24, 2.45) is 23.2 Å². The summed E-state index contributed by atoms with van der Waals surface area (Å²) in [4.78, 5) is 14.3. The second-order valence-electron chi connectivity index (χ2n) is 9.04. The number of rotatable bonds is 0. The monoisotopic (exact) mass is 317 g/mol. The van der Waals surface area contributed by atoms with E-state index in [4.69, 9.17) is 0 Å². The summed E-state index contributed by atoms with van der Waals surface area (Å²) >= 11 is 0. The van der Waals surface area contributed by atoms with Crippen LogP contribution in [-0.2, 0) is 4.79 Å². The Morgan fingerprint density at radius 2 is 1.96 bits per heavy atom. The zero-order valence-corrected chi connectivity index (χ0v) is 14.8. The molecule has 1 N–H and O–H groups in total. The minimum absolute atomic E-state index is 0.0619. The lowest BCUT2D eigenvalue weighted by Crippen LogP contribution is -2.62. The highest BCUT2D eigenvalue weighted by atomic mass is 16.3. The fourth-order valence-corrected chi connectivity index (χ4v) is 6.62. The van der Waals surface area contributed by atoms with E-state index in [-0.39, 0.29) is 11.6 Å². The van der Waals surface area contributed by atoms with Gasteiger partial charge in [0, 0.05) is 19.0 Å². The molecule has 3 fully saturated rings. The molecule has 23 heavy (non-hydrogen) atoms. The van der Waals surface area contributed by atoms with Crippen molar-refractivity contribution >= 4 is 5.91 Å². The molecule has 0 aromatic rings. The predicted molar refractivity (Wildman–Crippen MR) is 90.8 cm³/mol. The summed E-state index contributed by atoms with van der Waals surface area (Å²) in [7, 11) is 2.03. The second kappa shape index (κ2) is 5.08. The third-order valence-electron chi connectivity index (χ3n) is 8.24. The molecule has 4 rings (SSSR count). The normalized spacial score (nSPS) is 49.8. The highest BCUT2D eigenvalue weighted by molar-refractivity contribution is 5.77. The van der Waals surface area contributed by atoms with Gasteiger partial charge >= 0.3 is 0 Å². The number of aliphatic hydroxyl groups is 1. The molecule has 0 radical (unpaired) electrons. The maximum absolute atomic E-state index is 12.2. The van der Waals surface area contributed by atoms with E-state index in [0.29, 0.717) is 23.2 Å². The van der Waals surface area contributed by atoms with Gasteiger partial charge in [0.05, 0.1) is 6.10 Å². The van der Waals surface area contributed by atoms with Crippen LogP contribution >= 0.6 is 0 Å². The van der Waals surface area contributed by atoms with Crippen molar-refractivity contribution in [3.05, 3.63) is 11.6 Å². The lowest BCUT2D eigenvalue weighted by molar-refractivity contribution is -0.153. The summed E-state index contributed by atoms with van der Waals surface area (Å²) in [5.74, 6) is 2.44. The molecule has 3 heteroatoms. The molecule has 4 aliphatic rings. The summed E-state index contributed by atoms with van der Waals surface area (Å²) in [5, 5.41) is 10.1. The van der Waals surface area contributed by atoms with Crippen LogP contribution in [0.25, 0.3) is 0 Å². The molecule has 3 nitrogen and oxygen atoms in total. The summed E-state index contributed by atoms with van der Waals surface area (Å²) < 4.78 is 0. The minimum Gasteiger partial charge on any atom is -0.393 e. The number of allylic oxidation sites excluding steroid dienone is 1. The minimum atomic E-state index is -0.127. The van der Waals surface area contributed by atoms with Crippen LogP contribution in [0.5, 0.6) is 0 Å². The molecule has 6 atom stereocenters. The fourth-order valence-electron chi connectivity index (χ4n) is 6.62. The van der Waals surface area contributed by atoms with E-state index in [1.807, 2.05) is 7.05 Å². The van der Waals surface area contributed by atoms with E-state index >= 15 is 0 Å². The van der Waals surface area contributed by atoms with Crippen LogP contribution < -0.4 is 0 Å². The third-order valence-corrected chi connectivity index (χ3v) is 8.24. The molecule has 3 aliphatic carbocycles. The van der Waals surface area contributed by atoms with Crippen molar-refractivity contribution in [1.29, 1.82) is 0 Å². The SMILES string of the molecule is CN1C(=O)CCC2[C@@H]3CC=C4C[C@@H](O)CC[C@]4(C)C3CC[C@@]21C. The van der Waals surface area contributed by atoms with Gasteiger partial charge in [-0.2, -0.15) is 0 Å². The van der Waals surface area contributed by atoms with Crippen LogP contribution in [0, 0.1) is 23.2 Å². The van der Waals surface area contributed by atoms with Gasteiger partial charge in [0.25, 0.3) is 0 Å². The van der Waals surface area contributed by atoms with Gasteiger partial charge in [0.1, 0.15) is 0 Å². The molecule has 0 aromatic heterocycles. The van der Waals surface area contributed by atoms with Gasteiger partial charge in [-0.1, -0.05) is 18.6 Å². The molecule has 0 bridgehead atoms. The second-order valence-corrected chi connectivity index (χ2v) is 9.04. The highest BCUT2D eigenvalue weighted by Crippen LogP contribution is 2.61. The molecule has 0 aromatic carbocycles. The Labute approximate surface area is 140 Å². The first-order chi connectivity index (χ1) is 10.9. The van der Waals surface area contributed by atoms with Crippen LogP contribution in [0.1, 0.15) is 65.2 Å². The smallest absolute Gasteiger partial charge is 0.222 e. The van der Waals surface area contributed by atoms with Crippen molar-refractivity contribution in [3.63, 3.8) is 0 Å². The summed E-state index contributed by atoms with van der Waals surface area (Å²) in [6.07, 6.45) is 10.7. The predicted octanol–water partition coefficient (Wildman–Crippen LogP) is 3.52. The lowest BCUT2D eigenvalue weighted by Gasteiger charge is -2.61. The van der Waals surface area contributed by atoms with E-state index in [1.54, 1.807) is 0 Å². The number of fused-ring (bicyclic) bond motifs is 5. The van der Waals surface area contributed by atoms with Gasteiger partial charge in [0.15, 0.2) is 0 Å². The topological polar surface area (TPSA) is 40.5 Å². The molecule has 2 unspecified atom stereocenters. The Morgan fingerprint density at radius 3 is 2.74 bits per heavy atom. The fraction of sp³-hybridized carbons (Fsp3) is 0.850. The average molecular weight is 317 g/mol. The molecule has 2 saturated carbocycles. The van der Waals surface area contributed by atoms with E-state index in [0.717, 1.165) is 50.9 Å². The van der Waals surface area contributed by atoms with Gasteiger partial charge in [-0.25, -0.2) is 0 Å². The van der Waals surface area contributed by atoms with E-state index < -0.39 is 0 Å². The molecule has 0 spiro atoms. The Kier molecular flexibility index (Phi) is 3.46. The maximum Gasteiger partial charge on any atom is 0.222 e. The average Bonchev–Trinajstić information content (AvgIpc) is 2.52. The Morgan fingerprint density at radius 1 is 1.17 bits per heavy atom. The van der Waals surface area contributed by atoms with Gasteiger partial charge in [-0.15, -0.1) is 0 Å². The molecule has 1 saturated heterocycles. The van der Waals surface area contributed by atoms with Crippen molar-refractivity contribution < 1.29 is 9.90 Å². The summed E-state index contributed by atoms with van der Waals surface area (Å²) in [5.41, 5.74) is 1.89. The van der Waals surface area contributed by atoms with Crippen LogP contribution in [0.4, 0.5) is 0 Å². The van der Waals surface area contributed by atoms with Crippen LogP contribution in [-0.4, -0.2) is 34.6 Å². The van der Waals surface area contributed by atoms with Gasteiger partial charge in [0.2, 0.25) is 5.91 Å². The van der Waals surface area contributed by atoms with E-state index in [2.05, 4.69) is 24.8 Å². The first-order valence-corrected chi connectivity index (χ1v) is 9.50. The van der Waals surface area contributed by atoms with Crippen molar-refractivity contribution in [2.75, 3.05) is 7.05 Å². The molecular formula is C20H31NO2. The number of piperidine rings is 1. The summed E-state index contributed by atoms with van der Waals surface area (Å²) in [6.45, 7) is 4.79. The zero-order chi connectivity index (χ0) is 16.4. The van der Waals surface area contributed by atoms with E-state index in [1.165, 1.54) is 12.0 Å². The van der Waals surface area contributed by atoms with Crippen LogP contribution in [0.3, 0.4) is 0 Å². The van der Waals surface area contributed by atoms with Crippen LogP contribution in [0.15, 0.2) is 11.6 Å². The number of likely N-dealkylation sites (tertiary alicyclic amines) is 1. The largest absolute Gasteiger partial charge is 0.393 e. The van der Waals surface area contributed by atoms with E-state index in [9.17, 15) is 9.90 Å². The lowest BCUT2D eigenvalue weighted by atomic mass is 9.48. The number of amides is 1. The standard InChI is InChI=1S/C20H31NO2/c1-19-10-8-14(22)12-13(19)4-5-15-16(19)9-11-20(2)17(15)6-7-18(23)21(20)3/h4,14-17,22H,5-12H2,1-3H3/t14-,15+,16?,17?,19-,20-/m0/s1. The molecule has 128 valence electrons. The number of hydrogen-bond donors (Lipinski definition) is 1. The molecule has 1 heterocycles. The highest BCUT2D eigenvalue weighted by Gasteiger charge is 2.57. The van der Waals surface area contributed by atoms with Crippen molar-refractivity contribution in [2.45, 2.75) is 76.9 Å². The number of aliphatic hydroxyl groups excluding tert-OH is 1. The number of nitrogens with zero attached hydrogens (tertiary/aromatic N) is 1. The molecule has 1 amide bonds. The van der Waals surface area contributed by atoms with Gasteiger partial charge in [-0.3, -0.25) is 4.79 Å². The number of carbonyl (C=O) groups excluding carboxylic acids is 1. The molecule has 1 aliphatic heterocycles. The first-order valence-electron chi connectivity index (χ1n) is 9.50. The molecular weight excluding hydrogens is 286 g/mol. The quantitative estimate of drug-likeness (QED) is 0.694. The Balaban J connectivity index is 1.68. The Hall–Kier alpha value is -0.830. The van der Waals surface area contributed by atoms with Gasteiger partial charge in [-0.05, 0) is 75.0 Å².